The van der Waals surface area contributed by atoms with Crippen LogP contribution >= 0.6 is 11.8 Å². The number of aliphatic imine (C=N–C) groups is 1. The summed E-state index contributed by atoms with van der Waals surface area (Å²) in [6.45, 7) is 4.58. The molecule has 6 nitrogen and oxygen atoms in total. The van der Waals surface area contributed by atoms with Crippen LogP contribution in [0.1, 0.15) is 40.7 Å². The van der Waals surface area contributed by atoms with Gasteiger partial charge in [0, 0.05) is 31.2 Å². The average molecular weight is 385 g/mol. The maximum absolute atomic E-state index is 12.5. The van der Waals surface area contributed by atoms with E-state index in [9.17, 15) is 4.79 Å². The Morgan fingerprint density at radius 3 is 2.89 bits per heavy atom. The molecule has 0 saturated heterocycles. The zero-order valence-electron chi connectivity index (χ0n) is 15.8. The van der Waals surface area contributed by atoms with E-state index in [1.807, 2.05) is 32.0 Å². The van der Waals surface area contributed by atoms with Crippen molar-refractivity contribution in [2.75, 3.05) is 13.7 Å². The van der Waals surface area contributed by atoms with Gasteiger partial charge in [-0.25, -0.2) is 4.99 Å². The van der Waals surface area contributed by atoms with Crippen LogP contribution < -0.4 is 5.73 Å². The van der Waals surface area contributed by atoms with Gasteiger partial charge in [0.1, 0.15) is 11.2 Å². The lowest BCUT2D eigenvalue weighted by atomic mass is 9.90. The second-order valence-electron chi connectivity index (χ2n) is 6.99. The molecule has 0 radical (unpaired) electrons. The number of carbonyl (C=O) groups excluding carboxylic acids is 1. The second-order valence-corrected chi connectivity index (χ2v) is 8.31. The van der Waals surface area contributed by atoms with Crippen LogP contribution in [0.2, 0.25) is 0 Å². The molecule has 1 aliphatic heterocycles. The minimum Gasteiger partial charge on any atom is -0.384 e. The van der Waals surface area contributed by atoms with Crippen molar-refractivity contribution in [3.63, 3.8) is 0 Å². The second kappa shape index (κ2) is 8.19. The van der Waals surface area contributed by atoms with Crippen LogP contribution in [0.4, 0.5) is 0 Å². The Morgan fingerprint density at radius 2 is 2.19 bits per heavy atom. The zero-order valence-corrected chi connectivity index (χ0v) is 16.6. The molecular weight excluding hydrogens is 360 g/mol. The van der Waals surface area contributed by atoms with Crippen molar-refractivity contribution < 1.29 is 9.53 Å². The number of pyridine rings is 2. The molecule has 2 aromatic heterocycles. The lowest BCUT2D eigenvalue weighted by molar-refractivity contribution is 0.0988. The number of hydrogen-bond donors (Lipinski definition) is 1. The summed E-state index contributed by atoms with van der Waals surface area (Å²) in [6.07, 6.45) is 4.48. The van der Waals surface area contributed by atoms with Crippen LogP contribution in [0.15, 0.2) is 41.7 Å². The molecule has 27 heavy (non-hydrogen) atoms. The van der Waals surface area contributed by atoms with Gasteiger partial charge in [0.25, 0.3) is 0 Å². The highest BCUT2D eigenvalue weighted by Crippen LogP contribution is 2.38. The smallest absolute Gasteiger partial charge is 0.185 e. The number of thioether (sulfide) groups is 1. The summed E-state index contributed by atoms with van der Waals surface area (Å²) in [5, 5.41) is 0.763. The molecule has 0 spiro atoms. The van der Waals surface area contributed by atoms with Crippen LogP contribution in [0.3, 0.4) is 0 Å². The molecule has 0 saturated carbocycles. The fourth-order valence-corrected chi connectivity index (χ4v) is 4.41. The summed E-state index contributed by atoms with van der Waals surface area (Å²) in [5.41, 5.74) is 8.72. The Hall–Kier alpha value is -2.25. The van der Waals surface area contributed by atoms with E-state index in [1.54, 1.807) is 25.6 Å². The van der Waals surface area contributed by atoms with Gasteiger partial charge in [-0.2, -0.15) is 0 Å². The zero-order chi connectivity index (χ0) is 19.4. The van der Waals surface area contributed by atoms with Gasteiger partial charge in [-0.1, -0.05) is 17.8 Å². The number of rotatable bonds is 6. The van der Waals surface area contributed by atoms with Crippen LogP contribution in [-0.4, -0.2) is 39.9 Å². The Labute approximate surface area is 163 Å². The number of carbonyl (C=O) groups is 1. The number of ether oxygens (including phenoxy) is 1. The molecule has 7 heteroatoms. The molecular formula is C20H24N4O2S. The topological polar surface area (TPSA) is 90.5 Å². The van der Waals surface area contributed by atoms with Crippen molar-refractivity contribution >= 4 is 22.7 Å². The van der Waals surface area contributed by atoms with E-state index in [0.29, 0.717) is 17.5 Å². The number of methoxy groups -OCH3 is 1. The van der Waals surface area contributed by atoms with Crippen LogP contribution in [-0.2, 0) is 16.7 Å². The first-order chi connectivity index (χ1) is 12.9. The molecule has 2 N–H and O–H groups in total. The van der Waals surface area contributed by atoms with Gasteiger partial charge in [-0.15, -0.1) is 0 Å². The van der Waals surface area contributed by atoms with E-state index in [2.05, 4.69) is 15.0 Å². The first-order valence-electron chi connectivity index (χ1n) is 8.82. The summed E-state index contributed by atoms with van der Waals surface area (Å²) in [4.78, 5) is 25.9. The van der Waals surface area contributed by atoms with Gasteiger partial charge in [0.15, 0.2) is 11.0 Å². The highest BCUT2D eigenvalue weighted by molar-refractivity contribution is 8.14. The number of Topliss-reactive ketones (excluding diaryl/α,β-unsaturated/α-hetero) is 1. The minimum atomic E-state index is -0.528. The standard InChI is InChI=1S/C20H24N4O2S/c1-13-4-5-16(23-11-13)17(25)8-14-6-7-22-18(9-14)20(2)10-15(12-26-3)27-19(21)24-20/h4-7,9,11,15H,8,10,12H2,1-3H3,(H2,21,24)/t15-,20-/m0/s1. The van der Waals surface area contributed by atoms with E-state index < -0.39 is 5.54 Å². The largest absolute Gasteiger partial charge is 0.384 e. The average Bonchev–Trinajstić information content (AvgIpc) is 2.62. The molecule has 2 atom stereocenters. The van der Waals surface area contributed by atoms with Crippen molar-refractivity contribution in [2.24, 2.45) is 10.7 Å². The molecule has 1 aliphatic rings. The third-order valence-electron chi connectivity index (χ3n) is 4.56. The number of nitrogens with zero attached hydrogens (tertiary/aromatic N) is 3. The lowest BCUT2D eigenvalue weighted by Crippen LogP contribution is -2.36. The summed E-state index contributed by atoms with van der Waals surface area (Å²) in [5.74, 6) is -0.0169. The molecule has 0 amide bonds. The quantitative estimate of drug-likeness (QED) is 0.770. The lowest BCUT2D eigenvalue weighted by Gasteiger charge is -2.33. The first kappa shape index (κ1) is 19.5. The molecule has 0 unspecified atom stereocenters. The number of ketones is 1. The molecule has 0 fully saturated rings. The number of nitrogens with two attached hydrogens (primary N) is 1. The van der Waals surface area contributed by atoms with Crippen molar-refractivity contribution in [3.8, 4) is 0 Å². The Balaban J connectivity index is 1.81. The predicted octanol–water partition coefficient (Wildman–Crippen LogP) is 2.89. The normalized spacial score (nSPS) is 22.3. The molecule has 3 heterocycles. The number of hydrogen-bond acceptors (Lipinski definition) is 7. The van der Waals surface area contributed by atoms with Crippen LogP contribution in [0.5, 0.6) is 0 Å². The molecule has 0 aliphatic carbocycles. The van der Waals surface area contributed by atoms with Crippen molar-refractivity contribution in [1.82, 2.24) is 9.97 Å². The maximum atomic E-state index is 12.5. The number of aromatic nitrogens is 2. The maximum Gasteiger partial charge on any atom is 0.185 e. The fourth-order valence-electron chi connectivity index (χ4n) is 3.20. The van der Waals surface area contributed by atoms with Gasteiger partial charge in [-0.05, 0) is 49.6 Å². The fraction of sp³-hybridized carbons (Fsp3) is 0.400. The van der Waals surface area contributed by atoms with Crippen LogP contribution in [0.25, 0.3) is 0 Å². The van der Waals surface area contributed by atoms with E-state index in [-0.39, 0.29) is 17.5 Å². The van der Waals surface area contributed by atoms with Crippen molar-refractivity contribution in [3.05, 3.63) is 59.2 Å². The Morgan fingerprint density at radius 1 is 1.37 bits per heavy atom. The third-order valence-corrected chi connectivity index (χ3v) is 5.53. The van der Waals surface area contributed by atoms with Gasteiger partial charge >= 0.3 is 0 Å². The van der Waals surface area contributed by atoms with Crippen molar-refractivity contribution in [2.45, 2.75) is 37.5 Å². The number of aryl methyl sites for hydroxylation is 1. The van der Waals surface area contributed by atoms with Gasteiger partial charge in [-0.3, -0.25) is 14.8 Å². The molecule has 0 bridgehead atoms. The molecule has 142 valence electrons. The van der Waals surface area contributed by atoms with E-state index in [1.165, 1.54) is 11.8 Å². The van der Waals surface area contributed by atoms with Crippen molar-refractivity contribution in [1.29, 1.82) is 0 Å². The molecule has 0 aromatic carbocycles. The minimum absolute atomic E-state index is 0.0169. The summed E-state index contributed by atoms with van der Waals surface area (Å²) >= 11 is 1.53. The number of amidine groups is 1. The predicted molar refractivity (Wildman–Crippen MR) is 108 cm³/mol. The van der Waals surface area contributed by atoms with Gasteiger partial charge in [0.05, 0.1) is 12.3 Å². The highest BCUT2D eigenvalue weighted by atomic mass is 32.2. The first-order valence-corrected chi connectivity index (χ1v) is 9.70. The van der Waals surface area contributed by atoms with E-state index in [0.717, 1.165) is 23.2 Å². The third kappa shape index (κ3) is 4.73. The van der Waals surface area contributed by atoms with E-state index in [4.69, 9.17) is 10.5 Å². The van der Waals surface area contributed by atoms with Gasteiger partial charge in [0.2, 0.25) is 0 Å². The summed E-state index contributed by atoms with van der Waals surface area (Å²) in [7, 11) is 1.68. The Bertz CT molecular complexity index is 853. The summed E-state index contributed by atoms with van der Waals surface area (Å²) in [6, 6.07) is 7.46. The highest BCUT2D eigenvalue weighted by Gasteiger charge is 2.36. The monoisotopic (exact) mass is 384 g/mol. The molecule has 2 aromatic rings. The molecule has 3 rings (SSSR count). The van der Waals surface area contributed by atoms with Gasteiger partial charge < -0.3 is 10.5 Å². The van der Waals surface area contributed by atoms with Crippen LogP contribution in [0, 0.1) is 6.92 Å². The Kier molecular flexibility index (Phi) is 5.92. The van der Waals surface area contributed by atoms with E-state index >= 15 is 0 Å². The summed E-state index contributed by atoms with van der Waals surface area (Å²) < 4.78 is 5.29. The SMILES string of the molecule is COC[C@@H]1C[C@@](C)(c2cc(CC(=O)c3ccc(C)cn3)ccn2)N=C(N)S1.